The van der Waals surface area contributed by atoms with Crippen molar-refractivity contribution in [1.29, 1.82) is 0 Å². The average Bonchev–Trinajstić information content (AvgIpc) is 2.62. The lowest BCUT2D eigenvalue weighted by molar-refractivity contribution is 0.578. The normalized spacial score (nSPS) is 10.9. The van der Waals surface area contributed by atoms with E-state index in [1.165, 1.54) is 23.3 Å². The maximum atomic E-state index is 14.3. The second-order valence-electron chi connectivity index (χ2n) is 6.70. The van der Waals surface area contributed by atoms with E-state index in [-0.39, 0.29) is 11.6 Å². The molecule has 4 heteroatoms. The Morgan fingerprint density at radius 3 is 1.85 bits per heavy atom. The van der Waals surface area contributed by atoms with Gasteiger partial charge in [-0.05, 0) is 68.4 Å². The first kappa shape index (κ1) is 18.2. The molecule has 0 amide bonds. The van der Waals surface area contributed by atoms with Gasteiger partial charge < -0.3 is 0 Å². The summed E-state index contributed by atoms with van der Waals surface area (Å²) in [5.41, 5.74) is 4.79. The maximum absolute atomic E-state index is 14.3. The number of nitrogens with zero attached hydrogens (tertiary/aromatic N) is 2. The number of pyridine rings is 2. The molecule has 0 aliphatic carbocycles. The molecule has 0 saturated heterocycles. The third-order valence-corrected chi connectivity index (χ3v) is 4.45. The van der Waals surface area contributed by atoms with Crippen LogP contribution in [0, 0.1) is 25.5 Å². The zero-order chi connectivity index (χ0) is 18.5. The molecule has 1 aromatic carbocycles. The van der Waals surface area contributed by atoms with Crippen molar-refractivity contribution in [2.24, 2.45) is 0 Å². The standard InChI is InChI=1S/C22H22F2N2/c1-15-3-5-17(6-4-15)7-8-18-12-20(24)22(26-14-18)10-9-21-19(23)11-16(2)13-25-21/h3-6,11-14H,7-10H2,1-2H3. The summed E-state index contributed by atoms with van der Waals surface area (Å²) in [6, 6.07) is 11.3. The van der Waals surface area contributed by atoms with Gasteiger partial charge in [0.2, 0.25) is 0 Å². The Kier molecular flexibility index (Phi) is 5.71. The number of rotatable bonds is 6. The summed E-state index contributed by atoms with van der Waals surface area (Å²) in [5.74, 6) is -0.681. The number of hydrogen-bond acceptors (Lipinski definition) is 2. The van der Waals surface area contributed by atoms with Crippen molar-refractivity contribution in [3.05, 3.63) is 94.1 Å². The van der Waals surface area contributed by atoms with Crippen LogP contribution in [-0.2, 0) is 25.7 Å². The van der Waals surface area contributed by atoms with E-state index >= 15 is 0 Å². The topological polar surface area (TPSA) is 25.8 Å². The predicted molar refractivity (Wildman–Crippen MR) is 99.1 cm³/mol. The van der Waals surface area contributed by atoms with Crippen molar-refractivity contribution in [3.8, 4) is 0 Å². The Labute approximate surface area is 153 Å². The third-order valence-electron chi connectivity index (χ3n) is 4.45. The molecule has 3 rings (SSSR count). The molecule has 0 N–H and O–H groups in total. The van der Waals surface area contributed by atoms with Gasteiger partial charge in [0.15, 0.2) is 0 Å². The quantitative estimate of drug-likeness (QED) is 0.628. The molecule has 0 saturated carbocycles. The van der Waals surface area contributed by atoms with Gasteiger partial charge in [-0.15, -0.1) is 0 Å². The molecule has 3 aromatic rings. The molecule has 0 unspecified atom stereocenters. The highest BCUT2D eigenvalue weighted by molar-refractivity contribution is 5.24. The number of aryl methyl sites for hydroxylation is 6. The van der Waals surface area contributed by atoms with Crippen LogP contribution in [0.25, 0.3) is 0 Å². The summed E-state index contributed by atoms with van der Waals surface area (Å²) in [6.07, 6.45) is 5.58. The van der Waals surface area contributed by atoms with Gasteiger partial charge in [-0.25, -0.2) is 8.78 Å². The fraction of sp³-hybridized carbons (Fsp3) is 0.273. The van der Waals surface area contributed by atoms with Gasteiger partial charge in [0, 0.05) is 12.4 Å². The number of hydrogen-bond donors (Lipinski definition) is 0. The number of benzene rings is 1. The molecule has 26 heavy (non-hydrogen) atoms. The van der Waals surface area contributed by atoms with E-state index in [1.807, 2.05) is 0 Å². The first-order chi connectivity index (χ1) is 12.5. The Hall–Kier alpha value is -2.62. The molecule has 0 bridgehead atoms. The first-order valence-electron chi connectivity index (χ1n) is 8.81. The van der Waals surface area contributed by atoms with Crippen LogP contribution in [0.15, 0.2) is 48.8 Å². The highest BCUT2D eigenvalue weighted by atomic mass is 19.1. The monoisotopic (exact) mass is 352 g/mol. The van der Waals surface area contributed by atoms with Crippen molar-refractivity contribution >= 4 is 0 Å². The van der Waals surface area contributed by atoms with Crippen molar-refractivity contribution in [3.63, 3.8) is 0 Å². The molecule has 2 aromatic heterocycles. The molecule has 0 atom stereocenters. The smallest absolute Gasteiger partial charge is 0.144 e. The molecular weight excluding hydrogens is 330 g/mol. The van der Waals surface area contributed by atoms with Crippen LogP contribution in [0.3, 0.4) is 0 Å². The van der Waals surface area contributed by atoms with Crippen molar-refractivity contribution < 1.29 is 8.78 Å². The number of halogens is 2. The molecule has 2 nitrogen and oxygen atoms in total. The van der Waals surface area contributed by atoms with E-state index in [0.29, 0.717) is 24.2 Å². The van der Waals surface area contributed by atoms with Crippen molar-refractivity contribution in [2.45, 2.75) is 39.5 Å². The van der Waals surface area contributed by atoms with Gasteiger partial charge in [-0.3, -0.25) is 9.97 Å². The van der Waals surface area contributed by atoms with Crippen LogP contribution >= 0.6 is 0 Å². The van der Waals surface area contributed by atoms with Crippen molar-refractivity contribution in [1.82, 2.24) is 9.97 Å². The van der Waals surface area contributed by atoms with Crippen LogP contribution in [0.4, 0.5) is 8.78 Å². The molecule has 0 radical (unpaired) electrons. The zero-order valence-electron chi connectivity index (χ0n) is 15.1. The lowest BCUT2D eigenvalue weighted by atomic mass is 10.0. The Balaban J connectivity index is 1.60. The van der Waals surface area contributed by atoms with Gasteiger partial charge >= 0.3 is 0 Å². The van der Waals surface area contributed by atoms with Crippen LogP contribution in [0.2, 0.25) is 0 Å². The van der Waals surface area contributed by atoms with Crippen LogP contribution in [0.5, 0.6) is 0 Å². The molecule has 2 heterocycles. The summed E-state index contributed by atoms with van der Waals surface area (Å²) < 4.78 is 28.1. The summed E-state index contributed by atoms with van der Waals surface area (Å²) in [6.45, 7) is 3.84. The number of aromatic nitrogens is 2. The van der Waals surface area contributed by atoms with E-state index in [1.54, 1.807) is 19.3 Å². The summed E-state index contributed by atoms with van der Waals surface area (Å²) in [4.78, 5) is 8.33. The van der Waals surface area contributed by atoms with Gasteiger partial charge in [-0.2, -0.15) is 0 Å². The fourth-order valence-electron chi connectivity index (χ4n) is 2.85. The minimum atomic E-state index is -0.347. The predicted octanol–water partition coefficient (Wildman–Crippen LogP) is 4.94. The Morgan fingerprint density at radius 2 is 1.23 bits per heavy atom. The van der Waals surface area contributed by atoms with E-state index in [2.05, 4.69) is 41.2 Å². The molecule has 134 valence electrons. The van der Waals surface area contributed by atoms with E-state index in [0.717, 1.165) is 24.0 Å². The minimum Gasteiger partial charge on any atom is -0.258 e. The van der Waals surface area contributed by atoms with E-state index in [9.17, 15) is 8.78 Å². The highest BCUT2D eigenvalue weighted by Crippen LogP contribution is 2.14. The first-order valence-corrected chi connectivity index (χ1v) is 8.81. The SMILES string of the molecule is Cc1ccc(CCc2cnc(CCc3ncc(C)cc3F)c(F)c2)cc1. The molecule has 0 aliphatic heterocycles. The minimum absolute atomic E-state index is 0.330. The van der Waals surface area contributed by atoms with Gasteiger partial charge in [0.1, 0.15) is 11.6 Å². The third kappa shape index (κ3) is 4.72. The maximum Gasteiger partial charge on any atom is 0.144 e. The van der Waals surface area contributed by atoms with Gasteiger partial charge in [-0.1, -0.05) is 29.8 Å². The summed E-state index contributed by atoms with van der Waals surface area (Å²) in [7, 11) is 0. The van der Waals surface area contributed by atoms with Crippen LogP contribution in [0.1, 0.15) is 33.6 Å². The second-order valence-corrected chi connectivity index (χ2v) is 6.70. The Bertz CT molecular complexity index is 889. The second kappa shape index (κ2) is 8.17. The molecular formula is C22H22F2N2. The highest BCUT2D eigenvalue weighted by Gasteiger charge is 2.09. The molecule has 0 fully saturated rings. The van der Waals surface area contributed by atoms with Crippen LogP contribution in [-0.4, -0.2) is 9.97 Å². The average molecular weight is 352 g/mol. The summed E-state index contributed by atoms with van der Waals surface area (Å²) in [5, 5.41) is 0. The molecule has 0 spiro atoms. The largest absolute Gasteiger partial charge is 0.258 e. The van der Waals surface area contributed by atoms with Crippen molar-refractivity contribution in [2.75, 3.05) is 0 Å². The van der Waals surface area contributed by atoms with Crippen LogP contribution < -0.4 is 0 Å². The van der Waals surface area contributed by atoms with E-state index < -0.39 is 0 Å². The lowest BCUT2D eigenvalue weighted by Gasteiger charge is -2.07. The lowest BCUT2D eigenvalue weighted by Crippen LogP contribution is -2.04. The van der Waals surface area contributed by atoms with Gasteiger partial charge in [0.05, 0.1) is 11.4 Å². The van der Waals surface area contributed by atoms with E-state index in [4.69, 9.17) is 0 Å². The van der Waals surface area contributed by atoms with Gasteiger partial charge in [0.25, 0.3) is 0 Å². The zero-order valence-corrected chi connectivity index (χ0v) is 15.1. The Morgan fingerprint density at radius 1 is 0.654 bits per heavy atom. The molecule has 0 aliphatic rings. The summed E-state index contributed by atoms with van der Waals surface area (Å²) >= 11 is 0. The fourth-order valence-corrected chi connectivity index (χ4v) is 2.85.